The van der Waals surface area contributed by atoms with E-state index >= 15 is 0 Å². The lowest BCUT2D eigenvalue weighted by molar-refractivity contribution is -0.117. The van der Waals surface area contributed by atoms with Crippen molar-refractivity contribution >= 4 is 5.78 Å². The molecular formula is C17H18N2O. The molecule has 1 rings (SSSR count). The molecule has 0 aliphatic rings. The van der Waals surface area contributed by atoms with Crippen LogP contribution in [0.25, 0.3) is 0 Å². The highest BCUT2D eigenvalue weighted by atomic mass is 16.1. The average molecular weight is 266 g/mol. The smallest absolute Gasteiger partial charge is 0.156 e. The Hall–Kier alpha value is -2.39. The summed E-state index contributed by atoms with van der Waals surface area (Å²) in [7, 11) is 0. The molecule has 20 heavy (non-hydrogen) atoms. The number of Topliss-reactive ketones (excluding diaryl/α,β-unsaturated/α-hetero) is 1. The number of rotatable bonds is 6. The Balaban J connectivity index is 3.37. The van der Waals surface area contributed by atoms with Crippen LogP contribution in [0.2, 0.25) is 0 Å². The van der Waals surface area contributed by atoms with Gasteiger partial charge in [0.1, 0.15) is 5.78 Å². The van der Waals surface area contributed by atoms with Crippen LogP contribution >= 0.6 is 0 Å². The normalized spacial score (nSPS) is 13.6. The van der Waals surface area contributed by atoms with E-state index in [1.54, 1.807) is 6.08 Å². The average Bonchev–Trinajstić information content (AvgIpc) is 2.49. The molecule has 0 bridgehead atoms. The molecule has 0 fully saturated rings. The molecule has 0 unspecified atom stereocenters. The summed E-state index contributed by atoms with van der Waals surface area (Å²) in [6.07, 6.45) is 2.04. The Labute approximate surface area is 120 Å². The number of hydrogen-bond donors (Lipinski definition) is 0. The molecule has 3 nitrogen and oxygen atoms in total. The summed E-state index contributed by atoms with van der Waals surface area (Å²) in [5.41, 5.74) is -1.28. The van der Waals surface area contributed by atoms with E-state index in [1.165, 1.54) is 6.92 Å². The van der Waals surface area contributed by atoms with Crippen LogP contribution in [0, 0.1) is 28.1 Å². The van der Waals surface area contributed by atoms with Gasteiger partial charge < -0.3 is 4.79 Å². The fraction of sp³-hybridized carbons (Fsp3) is 0.353. The van der Waals surface area contributed by atoms with Gasteiger partial charge in [0.05, 0.1) is 12.1 Å². The second-order valence-electron chi connectivity index (χ2n) is 5.10. The molecule has 102 valence electrons. The van der Waals surface area contributed by atoms with E-state index in [0.717, 1.165) is 5.56 Å². The van der Waals surface area contributed by atoms with E-state index in [0.29, 0.717) is 0 Å². The Morgan fingerprint density at radius 1 is 1.30 bits per heavy atom. The van der Waals surface area contributed by atoms with Gasteiger partial charge in [-0.2, -0.15) is 10.5 Å². The molecule has 0 aromatic heterocycles. The van der Waals surface area contributed by atoms with Gasteiger partial charge in [-0.15, -0.1) is 6.58 Å². The number of carbonyl (C=O) groups excluding carboxylic acids is 1. The largest absolute Gasteiger partial charge is 0.300 e. The zero-order chi connectivity index (χ0) is 15.2. The molecule has 0 heterocycles. The number of nitriles is 2. The highest BCUT2D eigenvalue weighted by Gasteiger charge is 2.48. The second kappa shape index (κ2) is 6.17. The van der Waals surface area contributed by atoms with Crippen LogP contribution in [-0.4, -0.2) is 5.78 Å². The third-order valence-electron chi connectivity index (χ3n) is 3.90. The zero-order valence-electron chi connectivity index (χ0n) is 11.9. The first-order chi connectivity index (χ1) is 9.45. The minimum Gasteiger partial charge on any atom is -0.300 e. The highest BCUT2D eigenvalue weighted by Crippen LogP contribution is 2.45. The summed E-state index contributed by atoms with van der Waals surface area (Å²) >= 11 is 0. The van der Waals surface area contributed by atoms with Crippen LogP contribution in [0.15, 0.2) is 43.0 Å². The molecule has 1 aromatic carbocycles. The predicted molar refractivity (Wildman–Crippen MR) is 77.6 cm³/mol. The summed E-state index contributed by atoms with van der Waals surface area (Å²) < 4.78 is 0. The number of ketones is 1. The fourth-order valence-electron chi connectivity index (χ4n) is 2.32. The van der Waals surface area contributed by atoms with Gasteiger partial charge in [0, 0.05) is 11.8 Å². The third-order valence-corrected chi connectivity index (χ3v) is 3.90. The molecule has 0 saturated carbocycles. The predicted octanol–water partition coefficient (Wildman–Crippen LogP) is 3.53. The van der Waals surface area contributed by atoms with Crippen molar-refractivity contribution in [1.82, 2.24) is 0 Å². The number of hydrogen-bond acceptors (Lipinski definition) is 3. The maximum absolute atomic E-state index is 11.2. The highest BCUT2D eigenvalue weighted by molar-refractivity contribution is 5.75. The lowest BCUT2D eigenvalue weighted by Gasteiger charge is -2.37. The van der Waals surface area contributed by atoms with Gasteiger partial charge in [-0.1, -0.05) is 36.4 Å². The van der Waals surface area contributed by atoms with Crippen molar-refractivity contribution in [2.45, 2.75) is 32.1 Å². The van der Waals surface area contributed by atoms with Crippen molar-refractivity contribution in [3.05, 3.63) is 48.6 Å². The summed E-state index contributed by atoms with van der Waals surface area (Å²) in [5.74, 6) is -0.0284. The molecule has 1 atom stereocenters. The topological polar surface area (TPSA) is 64.7 Å². The van der Waals surface area contributed by atoms with Gasteiger partial charge in [-0.25, -0.2) is 0 Å². The minimum atomic E-state index is -1.30. The molecule has 1 aromatic rings. The van der Waals surface area contributed by atoms with Gasteiger partial charge in [0.25, 0.3) is 0 Å². The molecule has 0 amide bonds. The van der Waals surface area contributed by atoms with Crippen LogP contribution in [0.4, 0.5) is 0 Å². The summed E-state index contributed by atoms with van der Waals surface area (Å²) in [4.78, 5) is 11.2. The third kappa shape index (κ3) is 2.63. The van der Waals surface area contributed by atoms with Gasteiger partial charge >= 0.3 is 0 Å². The van der Waals surface area contributed by atoms with Gasteiger partial charge in [-0.3, -0.25) is 0 Å². The van der Waals surface area contributed by atoms with Crippen molar-refractivity contribution in [3.8, 4) is 12.1 Å². The van der Waals surface area contributed by atoms with E-state index in [2.05, 4.69) is 18.7 Å². The standard InChI is InChI=1S/C17H18N2O/c1-4-16(3,15-8-6-5-7-9-15)17(12-18,13-19)11-10-14(2)20/h4-9H,1,10-11H2,2-3H3/t16-/m0/s1. The Morgan fingerprint density at radius 2 is 1.85 bits per heavy atom. The summed E-state index contributed by atoms with van der Waals surface area (Å²) in [6, 6.07) is 13.6. The first-order valence-electron chi connectivity index (χ1n) is 6.47. The quantitative estimate of drug-likeness (QED) is 0.740. The van der Waals surface area contributed by atoms with Crippen LogP contribution in [0.3, 0.4) is 0 Å². The molecule has 0 aliphatic carbocycles. The SMILES string of the molecule is C=C[C@@](C)(c1ccccc1)C(C#N)(C#N)CCC(C)=O. The lowest BCUT2D eigenvalue weighted by Crippen LogP contribution is -2.40. The molecule has 3 heteroatoms. The van der Waals surface area contributed by atoms with Crippen molar-refractivity contribution < 1.29 is 4.79 Å². The van der Waals surface area contributed by atoms with Crippen LogP contribution in [0.5, 0.6) is 0 Å². The number of allylic oxidation sites excluding steroid dienone is 1. The molecule has 0 N–H and O–H groups in total. The van der Waals surface area contributed by atoms with Gasteiger partial charge in [0.15, 0.2) is 5.41 Å². The van der Waals surface area contributed by atoms with E-state index in [-0.39, 0.29) is 18.6 Å². The Bertz CT molecular complexity index is 563. The lowest BCUT2D eigenvalue weighted by atomic mass is 9.60. The van der Waals surface area contributed by atoms with E-state index in [1.807, 2.05) is 37.3 Å². The number of nitrogens with zero attached hydrogens (tertiary/aromatic N) is 2. The molecule has 0 radical (unpaired) electrons. The van der Waals surface area contributed by atoms with Crippen molar-refractivity contribution in [1.29, 1.82) is 10.5 Å². The van der Waals surface area contributed by atoms with Crippen molar-refractivity contribution in [2.24, 2.45) is 5.41 Å². The summed E-state index contributed by atoms with van der Waals surface area (Å²) in [5, 5.41) is 19.2. The Kier molecular flexibility index (Phi) is 4.83. The van der Waals surface area contributed by atoms with Crippen molar-refractivity contribution in [2.75, 3.05) is 0 Å². The van der Waals surface area contributed by atoms with E-state index < -0.39 is 10.8 Å². The number of benzene rings is 1. The maximum atomic E-state index is 11.2. The minimum absolute atomic E-state index is 0.0284. The van der Waals surface area contributed by atoms with Crippen LogP contribution in [0.1, 0.15) is 32.3 Å². The fourth-order valence-corrected chi connectivity index (χ4v) is 2.32. The zero-order valence-corrected chi connectivity index (χ0v) is 11.9. The van der Waals surface area contributed by atoms with E-state index in [9.17, 15) is 15.3 Å². The molecular weight excluding hydrogens is 248 g/mol. The second-order valence-corrected chi connectivity index (χ2v) is 5.10. The first kappa shape index (κ1) is 15.7. The number of carbonyl (C=O) groups is 1. The first-order valence-corrected chi connectivity index (χ1v) is 6.47. The maximum Gasteiger partial charge on any atom is 0.156 e. The van der Waals surface area contributed by atoms with E-state index in [4.69, 9.17) is 0 Å². The summed E-state index contributed by atoms with van der Waals surface area (Å²) in [6.45, 7) is 7.10. The van der Waals surface area contributed by atoms with Crippen LogP contribution < -0.4 is 0 Å². The molecule has 0 saturated heterocycles. The molecule has 0 aliphatic heterocycles. The Morgan fingerprint density at radius 3 is 2.25 bits per heavy atom. The van der Waals surface area contributed by atoms with Crippen molar-refractivity contribution in [3.63, 3.8) is 0 Å². The van der Waals surface area contributed by atoms with Crippen LogP contribution in [-0.2, 0) is 10.2 Å². The van der Waals surface area contributed by atoms with Gasteiger partial charge in [0.2, 0.25) is 0 Å². The van der Waals surface area contributed by atoms with Gasteiger partial charge in [-0.05, 0) is 25.8 Å². The molecule has 0 spiro atoms. The monoisotopic (exact) mass is 266 g/mol.